The predicted octanol–water partition coefficient (Wildman–Crippen LogP) is 3.71. The van der Waals surface area contributed by atoms with Crippen LogP contribution in [-0.4, -0.2) is 69.4 Å². The number of morpholine rings is 1. The number of anilines is 1. The summed E-state index contributed by atoms with van der Waals surface area (Å²) < 4.78 is 17.3. The van der Waals surface area contributed by atoms with E-state index in [1.807, 2.05) is 42.5 Å². The van der Waals surface area contributed by atoms with Crippen LogP contribution in [0.1, 0.15) is 10.4 Å². The predicted molar refractivity (Wildman–Crippen MR) is 125 cm³/mol. The molecule has 1 aliphatic heterocycles. The number of fused-ring (bicyclic) bond motifs is 1. The third-order valence-corrected chi connectivity index (χ3v) is 6.23. The van der Waals surface area contributed by atoms with Crippen molar-refractivity contribution in [2.24, 2.45) is 0 Å². The molecule has 2 aromatic carbocycles. The fourth-order valence-electron chi connectivity index (χ4n) is 3.48. The first-order valence-electron chi connectivity index (χ1n) is 9.90. The first kappa shape index (κ1) is 23.3. The molecule has 7 nitrogen and oxygen atoms in total. The van der Waals surface area contributed by atoms with Crippen LogP contribution >= 0.6 is 23.7 Å². The Morgan fingerprint density at radius 1 is 1.10 bits per heavy atom. The van der Waals surface area contributed by atoms with Gasteiger partial charge < -0.3 is 14.2 Å². The summed E-state index contributed by atoms with van der Waals surface area (Å²) in [4.78, 5) is 22.2. The Kier molecular flexibility index (Phi) is 8.09. The molecule has 0 spiro atoms. The van der Waals surface area contributed by atoms with Gasteiger partial charge in [0.2, 0.25) is 0 Å². The highest BCUT2D eigenvalue weighted by atomic mass is 35.5. The Morgan fingerprint density at radius 3 is 2.45 bits per heavy atom. The van der Waals surface area contributed by atoms with Crippen LogP contribution in [0, 0.1) is 0 Å². The number of benzene rings is 2. The molecule has 2 heterocycles. The van der Waals surface area contributed by atoms with Gasteiger partial charge in [-0.2, -0.15) is 0 Å². The molecule has 3 aromatic rings. The fourth-order valence-corrected chi connectivity index (χ4v) is 4.58. The van der Waals surface area contributed by atoms with Crippen molar-refractivity contribution >= 4 is 45.0 Å². The summed E-state index contributed by atoms with van der Waals surface area (Å²) in [5, 5.41) is 0.634. The van der Waals surface area contributed by atoms with E-state index in [-0.39, 0.29) is 18.3 Å². The molecule has 1 amide bonds. The smallest absolute Gasteiger partial charge is 0.260 e. The molecule has 166 valence electrons. The maximum Gasteiger partial charge on any atom is 0.260 e. The number of carbonyl (C=O) groups is 1. The number of carbonyl (C=O) groups excluding carboxylic acids is 1. The second kappa shape index (κ2) is 10.8. The van der Waals surface area contributed by atoms with Crippen LogP contribution in [0.4, 0.5) is 5.13 Å². The molecular weight excluding hydrogens is 438 g/mol. The minimum Gasteiger partial charge on any atom is -0.495 e. The van der Waals surface area contributed by atoms with Crippen molar-refractivity contribution in [3.8, 4) is 11.5 Å². The lowest BCUT2D eigenvalue weighted by molar-refractivity contribution is 0.0391. The molecular formula is C22H26ClN3O4S. The molecule has 1 aromatic heterocycles. The van der Waals surface area contributed by atoms with Crippen molar-refractivity contribution < 1.29 is 19.0 Å². The molecule has 0 aliphatic carbocycles. The number of amides is 1. The van der Waals surface area contributed by atoms with Crippen molar-refractivity contribution in [2.75, 3.05) is 58.5 Å². The summed E-state index contributed by atoms with van der Waals surface area (Å²) in [6, 6.07) is 13.0. The van der Waals surface area contributed by atoms with Crippen LogP contribution < -0.4 is 14.4 Å². The first-order valence-corrected chi connectivity index (χ1v) is 10.7. The Morgan fingerprint density at radius 2 is 1.77 bits per heavy atom. The highest BCUT2D eigenvalue weighted by Crippen LogP contribution is 2.40. The van der Waals surface area contributed by atoms with E-state index in [4.69, 9.17) is 19.2 Å². The van der Waals surface area contributed by atoms with Crippen LogP contribution in [0.15, 0.2) is 42.5 Å². The number of hydrogen-bond acceptors (Lipinski definition) is 7. The summed E-state index contributed by atoms with van der Waals surface area (Å²) >= 11 is 1.44. The second-order valence-corrected chi connectivity index (χ2v) is 7.90. The average molecular weight is 464 g/mol. The average Bonchev–Trinajstić information content (AvgIpc) is 3.25. The van der Waals surface area contributed by atoms with Crippen LogP contribution in [0.25, 0.3) is 10.2 Å². The lowest BCUT2D eigenvalue weighted by Crippen LogP contribution is -2.43. The van der Waals surface area contributed by atoms with Crippen molar-refractivity contribution in [3.63, 3.8) is 0 Å². The number of halogens is 1. The second-order valence-electron chi connectivity index (χ2n) is 6.92. The summed E-state index contributed by atoms with van der Waals surface area (Å²) in [7, 11) is 3.25. The molecule has 0 bridgehead atoms. The topological polar surface area (TPSA) is 64.1 Å². The SMILES string of the molecule is COc1ccc(OC)c2sc(N(CCN3CCOCC3)C(=O)c3ccccc3)nc12.Cl. The molecule has 1 aliphatic rings. The fraction of sp³-hybridized carbons (Fsp3) is 0.364. The van der Waals surface area contributed by atoms with E-state index in [0.29, 0.717) is 28.5 Å². The van der Waals surface area contributed by atoms with Crippen molar-refractivity contribution in [1.82, 2.24) is 9.88 Å². The lowest BCUT2D eigenvalue weighted by Gasteiger charge is -2.29. The standard InChI is InChI=1S/C22H25N3O4S.ClH/c1-27-17-8-9-18(28-2)20-19(17)23-22(30-20)25(11-10-24-12-14-29-15-13-24)21(26)16-6-4-3-5-7-16;/h3-9H,10-15H2,1-2H3;1H. The number of ether oxygens (including phenoxy) is 3. The normalized spacial score (nSPS) is 14.1. The molecule has 31 heavy (non-hydrogen) atoms. The van der Waals surface area contributed by atoms with E-state index in [1.165, 1.54) is 11.3 Å². The largest absolute Gasteiger partial charge is 0.495 e. The van der Waals surface area contributed by atoms with Crippen LogP contribution in [-0.2, 0) is 4.74 Å². The highest BCUT2D eigenvalue weighted by molar-refractivity contribution is 7.22. The quantitative estimate of drug-likeness (QED) is 0.532. The number of methoxy groups -OCH3 is 2. The van der Waals surface area contributed by atoms with Gasteiger partial charge in [-0.25, -0.2) is 4.98 Å². The number of rotatable bonds is 7. The summed E-state index contributed by atoms with van der Waals surface area (Å²) in [6.07, 6.45) is 0. The van der Waals surface area contributed by atoms with Gasteiger partial charge in [0.1, 0.15) is 21.7 Å². The van der Waals surface area contributed by atoms with E-state index in [0.717, 1.165) is 43.3 Å². The molecule has 0 N–H and O–H groups in total. The third-order valence-electron chi connectivity index (χ3n) is 5.14. The minimum atomic E-state index is -0.0687. The molecule has 1 fully saturated rings. The number of nitrogens with zero attached hydrogens (tertiary/aromatic N) is 3. The number of thiazole rings is 1. The van der Waals surface area contributed by atoms with Gasteiger partial charge in [-0.3, -0.25) is 14.6 Å². The lowest BCUT2D eigenvalue weighted by atomic mass is 10.2. The van der Waals surface area contributed by atoms with Crippen LogP contribution in [0.2, 0.25) is 0 Å². The number of hydrogen-bond donors (Lipinski definition) is 0. The molecule has 0 unspecified atom stereocenters. The molecule has 0 radical (unpaired) electrons. The molecule has 0 saturated carbocycles. The zero-order chi connectivity index (χ0) is 20.9. The molecule has 9 heteroatoms. The van der Waals surface area contributed by atoms with Gasteiger partial charge in [0.25, 0.3) is 5.91 Å². The molecule has 0 atom stereocenters. The van der Waals surface area contributed by atoms with E-state index < -0.39 is 0 Å². The van der Waals surface area contributed by atoms with Gasteiger partial charge in [-0.05, 0) is 24.3 Å². The summed E-state index contributed by atoms with van der Waals surface area (Å²) in [5.74, 6) is 1.31. The Hall–Kier alpha value is -2.39. The Bertz CT molecular complexity index is 968. The van der Waals surface area contributed by atoms with Gasteiger partial charge in [0, 0.05) is 31.7 Å². The minimum absolute atomic E-state index is 0. The summed E-state index contributed by atoms with van der Waals surface area (Å²) in [6.45, 7) is 4.48. The third kappa shape index (κ3) is 5.10. The maximum atomic E-state index is 13.4. The van der Waals surface area contributed by atoms with Crippen LogP contribution in [0.5, 0.6) is 11.5 Å². The Balaban J connectivity index is 0.00000272. The maximum absolute atomic E-state index is 13.4. The molecule has 4 rings (SSSR count). The zero-order valence-electron chi connectivity index (χ0n) is 17.6. The van der Waals surface area contributed by atoms with Crippen molar-refractivity contribution in [2.45, 2.75) is 0 Å². The van der Waals surface area contributed by atoms with Crippen molar-refractivity contribution in [1.29, 1.82) is 0 Å². The number of aromatic nitrogens is 1. The monoisotopic (exact) mass is 463 g/mol. The van der Waals surface area contributed by atoms with Gasteiger partial charge in [0.15, 0.2) is 5.13 Å². The highest BCUT2D eigenvalue weighted by Gasteiger charge is 2.24. The van der Waals surface area contributed by atoms with Crippen molar-refractivity contribution in [3.05, 3.63) is 48.0 Å². The zero-order valence-corrected chi connectivity index (χ0v) is 19.2. The molecule has 1 saturated heterocycles. The first-order chi connectivity index (χ1) is 14.7. The van der Waals surface area contributed by atoms with Gasteiger partial charge >= 0.3 is 0 Å². The van der Waals surface area contributed by atoms with Gasteiger partial charge in [-0.1, -0.05) is 29.5 Å². The Labute approximate surface area is 191 Å². The summed E-state index contributed by atoms with van der Waals surface area (Å²) in [5.41, 5.74) is 1.34. The van der Waals surface area contributed by atoms with E-state index in [9.17, 15) is 4.79 Å². The van der Waals surface area contributed by atoms with Gasteiger partial charge in [-0.15, -0.1) is 12.4 Å². The van der Waals surface area contributed by atoms with Gasteiger partial charge in [0.05, 0.1) is 27.4 Å². The van der Waals surface area contributed by atoms with E-state index in [2.05, 4.69) is 4.90 Å². The van der Waals surface area contributed by atoms with E-state index in [1.54, 1.807) is 19.1 Å². The van der Waals surface area contributed by atoms with Crippen LogP contribution in [0.3, 0.4) is 0 Å². The van der Waals surface area contributed by atoms with E-state index >= 15 is 0 Å².